The molecule has 0 nitrogen and oxygen atoms in total. The molecule has 1 saturated carbocycles. The van der Waals surface area contributed by atoms with Gasteiger partial charge in [-0.15, -0.1) is 6.58 Å². The molecule has 50 valence electrons. The van der Waals surface area contributed by atoms with E-state index in [9.17, 15) is 0 Å². The van der Waals surface area contributed by atoms with Crippen LogP contribution in [0.15, 0.2) is 24.8 Å². The van der Waals surface area contributed by atoms with Crippen molar-refractivity contribution in [2.24, 2.45) is 5.92 Å². The summed E-state index contributed by atoms with van der Waals surface area (Å²) < 4.78 is 0. The van der Waals surface area contributed by atoms with Crippen LogP contribution in [0.1, 0.15) is 25.7 Å². The van der Waals surface area contributed by atoms with Gasteiger partial charge < -0.3 is 0 Å². The molecule has 1 rings (SSSR count). The van der Waals surface area contributed by atoms with E-state index in [1.807, 2.05) is 6.08 Å². The van der Waals surface area contributed by atoms with E-state index in [-0.39, 0.29) is 0 Å². The normalized spacial score (nSPS) is 18.7. The first-order chi connectivity index (χ1) is 4.34. The Hall–Kier alpha value is -0.520. The van der Waals surface area contributed by atoms with Crippen LogP contribution < -0.4 is 0 Å². The third kappa shape index (κ3) is 1.44. The minimum atomic E-state index is 0.836. The second kappa shape index (κ2) is 2.86. The van der Waals surface area contributed by atoms with Gasteiger partial charge >= 0.3 is 0 Å². The van der Waals surface area contributed by atoms with Crippen LogP contribution >= 0.6 is 0 Å². The van der Waals surface area contributed by atoms with Crippen LogP contribution in [0.2, 0.25) is 0 Å². The van der Waals surface area contributed by atoms with Crippen LogP contribution in [0.5, 0.6) is 0 Å². The van der Waals surface area contributed by atoms with Gasteiger partial charge in [0.25, 0.3) is 0 Å². The maximum atomic E-state index is 4.00. The van der Waals surface area contributed by atoms with E-state index in [1.165, 1.54) is 24.8 Å². The lowest BCUT2D eigenvalue weighted by molar-refractivity contribution is 0.364. The topological polar surface area (TPSA) is 0 Å². The summed E-state index contributed by atoms with van der Waals surface area (Å²) in [6.07, 6.45) is 7.10. The zero-order valence-corrected chi connectivity index (χ0v) is 5.90. The highest BCUT2D eigenvalue weighted by Crippen LogP contribution is 2.33. The fraction of sp³-hybridized carbons (Fsp3) is 0.556. The van der Waals surface area contributed by atoms with Gasteiger partial charge in [0.05, 0.1) is 0 Å². The molecular formula is C9H14. The summed E-state index contributed by atoms with van der Waals surface area (Å²) in [5.41, 5.74) is 1.39. The molecule has 0 spiro atoms. The summed E-state index contributed by atoms with van der Waals surface area (Å²) in [6, 6.07) is 0. The molecule has 1 aliphatic carbocycles. The number of hydrogen-bond donors (Lipinski definition) is 0. The van der Waals surface area contributed by atoms with Crippen LogP contribution in [0, 0.1) is 5.92 Å². The Morgan fingerprint density at radius 1 is 1.56 bits per heavy atom. The van der Waals surface area contributed by atoms with E-state index in [0.29, 0.717) is 0 Å². The van der Waals surface area contributed by atoms with Crippen molar-refractivity contribution in [1.29, 1.82) is 0 Å². The molecule has 0 unspecified atom stereocenters. The van der Waals surface area contributed by atoms with Gasteiger partial charge in [0.2, 0.25) is 0 Å². The first-order valence-electron chi connectivity index (χ1n) is 3.63. The zero-order chi connectivity index (χ0) is 6.69. The van der Waals surface area contributed by atoms with Crippen LogP contribution in [0.3, 0.4) is 0 Å². The SMILES string of the molecule is C=CCC(=C)C1CCC1. The molecule has 0 N–H and O–H groups in total. The van der Waals surface area contributed by atoms with Gasteiger partial charge in [-0.05, 0) is 25.2 Å². The average Bonchev–Trinajstić information content (AvgIpc) is 1.60. The minimum Gasteiger partial charge on any atom is -0.103 e. The van der Waals surface area contributed by atoms with Crippen molar-refractivity contribution in [3.63, 3.8) is 0 Å². The molecule has 1 aliphatic rings. The van der Waals surface area contributed by atoms with Crippen LogP contribution in [0.4, 0.5) is 0 Å². The van der Waals surface area contributed by atoms with Crippen molar-refractivity contribution in [2.45, 2.75) is 25.7 Å². The Bertz CT molecular complexity index is 118. The molecular weight excluding hydrogens is 108 g/mol. The Kier molecular flexibility index (Phi) is 2.10. The van der Waals surface area contributed by atoms with Crippen molar-refractivity contribution in [2.75, 3.05) is 0 Å². The first kappa shape index (κ1) is 6.60. The maximum Gasteiger partial charge on any atom is -0.0141 e. The lowest BCUT2D eigenvalue weighted by atomic mass is 9.79. The molecule has 1 fully saturated rings. The Balaban J connectivity index is 2.23. The molecule has 0 heteroatoms. The molecule has 0 aromatic rings. The van der Waals surface area contributed by atoms with E-state index in [2.05, 4.69) is 13.2 Å². The fourth-order valence-electron chi connectivity index (χ4n) is 1.17. The lowest BCUT2D eigenvalue weighted by Gasteiger charge is -2.26. The summed E-state index contributed by atoms with van der Waals surface area (Å²) in [7, 11) is 0. The summed E-state index contributed by atoms with van der Waals surface area (Å²) in [5.74, 6) is 0.836. The largest absolute Gasteiger partial charge is 0.103 e. The van der Waals surface area contributed by atoms with Gasteiger partial charge in [0, 0.05) is 0 Å². The number of rotatable bonds is 3. The predicted molar refractivity (Wildman–Crippen MR) is 41.3 cm³/mol. The van der Waals surface area contributed by atoms with Crippen molar-refractivity contribution in [1.82, 2.24) is 0 Å². The molecule has 0 heterocycles. The molecule has 9 heavy (non-hydrogen) atoms. The zero-order valence-electron chi connectivity index (χ0n) is 5.90. The van der Waals surface area contributed by atoms with Crippen LogP contribution in [-0.2, 0) is 0 Å². The standard InChI is InChI=1S/C9H14/c1-3-5-8(2)9-6-4-7-9/h3,9H,1-2,4-7H2. The van der Waals surface area contributed by atoms with Crippen molar-refractivity contribution in [3.05, 3.63) is 24.8 Å². The molecule has 0 aromatic heterocycles. The fourth-order valence-corrected chi connectivity index (χ4v) is 1.17. The second-order valence-electron chi connectivity index (χ2n) is 2.78. The molecule has 0 aromatic carbocycles. The van der Waals surface area contributed by atoms with Gasteiger partial charge in [0.1, 0.15) is 0 Å². The smallest absolute Gasteiger partial charge is 0.0141 e. The summed E-state index contributed by atoms with van der Waals surface area (Å²) >= 11 is 0. The van der Waals surface area contributed by atoms with E-state index in [4.69, 9.17) is 0 Å². The van der Waals surface area contributed by atoms with Gasteiger partial charge in [-0.1, -0.05) is 24.6 Å². The molecule has 0 atom stereocenters. The number of allylic oxidation sites excluding steroid dienone is 2. The second-order valence-corrected chi connectivity index (χ2v) is 2.78. The van der Waals surface area contributed by atoms with Gasteiger partial charge in [-0.2, -0.15) is 0 Å². The van der Waals surface area contributed by atoms with E-state index >= 15 is 0 Å². The highest BCUT2D eigenvalue weighted by atomic mass is 14.2. The van der Waals surface area contributed by atoms with E-state index in [1.54, 1.807) is 0 Å². The van der Waals surface area contributed by atoms with E-state index in [0.717, 1.165) is 12.3 Å². The molecule has 0 amide bonds. The van der Waals surface area contributed by atoms with Gasteiger partial charge in [-0.3, -0.25) is 0 Å². The minimum absolute atomic E-state index is 0.836. The van der Waals surface area contributed by atoms with E-state index < -0.39 is 0 Å². The lowest BCUT2D eigenvalue weighted by Crippen LogP contribution is -2.12. The van der Waals surface area contributed by atoms with Crippen molar-refractivity contribution >= 4 is 0 Å². The summed E-state index contributed by atoms with van der Waals surface area (Å²) in [4.78, 5) is 0. The highest BCUT2D eigenvalue weighted by molar-refractivity contribution is 5.07. The van der Waals surface area contributed by atoms with Crippen LogP contribution in [0.25, 0.3) is 0 Å². The first-order valence-corrected chi connectivity index (χ1v) is 3.63. The molecule has 0 saturated heterocycles. The monoisotopic (exact) mass is 122 g/mol. The molecule has 0 aliphatic heterocycles. The average molecular weight is 122 g/mol. The predicted octanol–water partition coefficient (Wildman–Crippen LogP) is 2.92. The quantitative estimate of drug-likeness (QED) is 0.505. The Morgan fingerprint density at radius 2 is 2.22 bits per heavy atom. The summed E-state index contributed by atoms with van der Waals surface area (Å²) in [6.45, 7) is 7.68. The maximum absolute atomic E-state index is 4.00. The third-order valence-electron chi connectivity index (χ3n) is 2.09. The third-order valence-corrected chi connectivity index (χ3v) is 2.09. The Labute approximate surface area is 57.3 Å². The summed E-state index contributed by atoms with van der Waals surface area (Å²) in [5, 5.41) is 0. The van der Waals surface area contributed by atoms with Gasteiger partial charge in [-0.25, -0.2) is 0 Å². The Morgan fingerprint density at radius 3 is 2.56 bits per heavy atom. The van der Waals surface area contributed by atoms with Crippen molar-refractivity contribution in [3.8, 4) is 0 Å². The van der Waals surface area contributed by atoms with Crippen molar-refractivity contribution < 1.29 is 0 Å². The molecule has 0 radical (unpaired) electrons. The highest BCUT2D eigenvalue weighted by Gasteiger charge is 2.18. The molecule has 0 bridgehead atoms. The number of hydrogen-bond acceptors (Lipinski definition) is 0. The van der Waals surface area contributed by atoms with Gasteiger partial charge in [0.15, 0.2) is 0 Å². The van der Waals surface area contributed by atoms with Crippen LogP contribution in [-0.4, -0.2) is 0 Å².